The van der Waals surface area contributed by atoms with Crippen LogP contribution in [0.1, 0.15) is 52.9 Å². The lowest BCUT2D eigenvalue weighted by Crippen LogP contribution is -2.50. The van der Waals surface area contributed by atoms with Crippen LogP contribution in [0, 0.1) is 11.3 Å². The van der Waals surface area contributed by atoms with Gasteiger partial charge in [0.2, 0.25) is 5.91 Å². The van der Waals surface area contributed by atoms with Gasteiger partial charge in [-0.25, -0.2) is 0 Å². The van der Waals surface area contributed by atoms with Crippen molar-refractivity contribution in [2.24, 2.45) is 16.3 Å². The molecule has 1 aliphatic carbocycles. The molecule has 0 aliphatic heterocycles. The van der Waals surface area contributed by atoms with Crippen LogP contribution in [-0.4, -0.2) is 38.5 Å². The maximum absolute atomic E-state index is 11.8. The van der Waals surface area contributed by atoms with Crippen LogP contribution in [0.4, 0.5) is 0 Å². The summed E-state index contributed by atoms with van der Waals surface area (Å²) >= 11 is 0. The lowest BCUT2D eigenvalue weighted by atomic mass is 9.84. The molecule has 1 rings (SSSR count). The highest BCUT2D eigenvalue weighted by Crippen LogP contribution is 2.26. The van der Waals surface area contributed by atoms with Crippen molar-refractivity contribution in [1.82, 2.24) is 16.0 Å². The molecule has 22 heavy (non-hydrogen) atoms. The zero-order valence-electron chi connectivity index (χ0n) is 14.7. The molecule has 1 fully saturated rings. The number of amides is 1. The quantitative estimate of drug-likeness (QED) is 0.361. The first-order valence-electron chi connectivity index (χ1n) is 8.12. The van der Waals surface area contributed by atoms with E-state index in [2.05, 4.69) is 27.9 Å². The number of carbonyl (C=O) groups is 1. The number of halogens is 1. The van der Waals surface area contributed by atoms with Gasteiger partial charge in [0.25, 0.3) is 0 Å². The van der Waals surface area contributed by atoms with Crippen LogP contribution < -0.4 is 16.0 Å². The average Bonchev–Trinajstić information content (AvgIpc) is 2.51. The van der Waals surface area contributed by atoms with Gasteiger partial charge in [0.05, 0.1) is 5.41 Å². The minimum Gasteiger partial charge on any atom is -0.359 e. The van der Waals surface area contributed by atoms with Crippen molar-refractivity contribution in [1.29, 1.82) is 0 Å². The number of hydrogen-bond donors (Lipinski definition) is 3. The van der Waals surface area contributed by atoms with Gasteiger partial charge in [-0.15, -0.1) is 24.0 Å². The van der Waals surface area contributed by atoms with Gasteiger partial charge in [-0.05, 0) is 45.4 Å². The van der Waals surface area contributed by atoms with Crippen LogP contribution in [0.25, 0.3) is 0 Å². The van der Waals surface area contributed by atoms with Gasteiger partial charge in [-0.3, -0.25) is 9.79 Å². The van der Waals surface area contributed by atoms with Crippen molar-refractivity contribution in [3.05, 3.63) is 0 Å². The summed E-state index contributed by atoms with van der Waals surface area (Å²) in [5.74, 6) is 1.73. The summed E-state index contributed by atoms with van der Waals surface area (Å²) in [7, 11) is 3.45. The Morgan fingerprint density at radius 3 is 2.27 bits per heavy atom. The number of carbonyl (C=O) groups excluding carboxylic acids is 1. The van der Waals surface area contributed by atoms with Gasteiger partial charge >= 0.3 is 0 Å². The van der Waals surface area contributed by atoms with Gasteiger partial charge in [-0.1, -0.05) is 13.3 Å². The van der Waals surface area contributed by atoms with Crippen molar-refractivity contribution < 1.29 is 4.79 Å². The predicted molar refractivity (Wildman–Crippen MR) is 104 cm³/mol. The van der Waals surface area contributed by atoms with E-state index in [0.717, 1.165) is 11.9 Å². The molecule has 1 amide bonds. The molecule has 0 atom stereocenters. The summed E-state index contributed by atoms with van der Waals surface area (Å²) in [5.41, 5.74) is -0.452. The van der Waals surface area contributed by atoms with E-state index in [0.29, 0.717) is 12.6 Å². The molecule has 0 aromatic rings. The van der Waals surface area contributed by atoms with Crippen LogP contribution in [0.2, 0.25) is 0 Å². The fraction of sp³-hybridized carbons (Fsp3) is 0.875. The van der Waals surface area contributed by atoms with Crippen molar-refractivity contribution in [2.75, 3.05) is 20.6 Å². The molecule has 0 radical (unpaired) electrons. The highest BCUT2D eigenvalue weighted by molar-refractivity contribution is 14.0. The molecule has 6 heteroatoms. The van der Waals surface area contributed by atoms with Crippen molar-refractivity contribution in [2.45, 2.75) is 58.9 Å². The Morgan fingerprint density at radius 1 is 1.23 bits per heavy atom. The third-order valence-corrected chi connectivity index (χ3v) is 4.53. The largest absolute Gasteiger partial charge is 0.359 e. The standard InChI is InChI=1S/C16H32N4O.HI/c1-6-12-7-9-13(10-8-12)20-15(18-5)19-11-16(2,3)14(21)17-4;/h12-13H,6-11H2,1-5H3,(H,17,21)(H2,18,19,20);1H. The first-order chi connectivity index (χ1) is 9.92. The smallest absolute Gasteiger partial charge is 0.227 e. The van der Waals surface area contributed by atoms with Gasteiger partial charge in [0.15, 0.2) is 5.96 Å². The minimum absolute atomic E-state index is 0. The van der Waals surface area contributed by atoms with Gasteiger partial charge in [0.1, 0.15) is 0 Å². The maximum Gasteiger partial charge on any atom is 0.227 e. The van der Waals surface area contributed by atoms with Crippen molar-refractivity contribution >= 4 is 35.8 Å². The van der Waals surface area contributed by atoms with E-state index in [-0.39, 0.29) is 29.9 Å². The van der Waals surface area contributed by atoms with Crippen LogP contribution >= 0.6 is 24.0 Å². The molecule has 3 N–H and O–H groups in total. The third-order valence-electron chi connectivity index (χ3n) is 4.53. The molecular weight excluding hydrogens is 391 g/mol. The second-order valence-corrected chi connectivity index (χ2v) is 6.66. The summed E-state index contributed by atoms with van der Waals surface area (Å²) in [6, 6.07) is 0.502. The SMILES string of the molecule is CCC1CCC(NC(=NC)NCC(C)(C)C(=O)NC)CC1.I. The molecule has 1 saturated carbocycles. The predicted octanol–water partition coefficient (Wildman–Crippen LogP) is 2.51. The van der Waals surface area contributed by atoms with Gasteiger partial charge in [-0.2, -0.15) is 0 Å². The maximum atomic E-state index is 11.8. The minimum atomic E-state index is -0.452. The van der Waals surface area contributed by atoms with Crippen LogP contribution in [0.5, 0.6) is 0 Å². The molecule has 5 nitrogen and oxygen atoms in total. The third kappa shape index (κ3) is 6.71. The van der Waals surface area contributed by atoms with Crippen LogP contribution in [0.3, 0.4) is 0 Å². The lowest BCUT2D eigenvalue weighted by molar-refractivity contribution is -0.128. The van der Waals surface area contributed by atoms with E-state index in [1.54, 1.807) is 14.1 Å². The Morgan fingerprint density at radius 2 is 1.82 bits per heavy atom. The van der Waals surface area contributed by atoms with E-state index in [4.69, 9.17) is 0 Å². The number of guanidine groups is 1. The Bertz CT molecular complexity index is 363. The summed E-state index contributed by atoms with van der Waals surface area (Å²) in [5, 5.41) is 9.46. The highest BCUT2D eigenvalue weighted by atomic mass is 127. The molecule has 0 spiro atoms. The van der Waals surface area contributed by atoms with Crippen molar-refractivity contribution in [3.63, 3.8) is 0 Å². The molecule has 0 saturated heterocycles. The average molecular weight is 424 g/mol. The van der Waals surface area contributed by atoms with E-state index in [1.165, 1.54) is 32.1 Å². The summed E-state index contributed by atoms with van der Waals surface area (Å²) < 4.78 is 0. The molecule has 1 aliphatic rings. The van der Waals surface area contributed by atoms with E-state index < -0.39 is 5.41 Å². The normalized spacial score (nSPS) is 22.5. The number of nitrogens with zero attached hydrogens (tertiary/aromatic N) is 1. The summed E-state index contributed by atoms with van der Waals surface area (Å²) in [4.78, 5) is 16.1. The zero-order chi connectivity index (χ0) is 15.9. The first kappa shape index (κ1) is 21.5. The van der Waals surface area contributed by atoms with Crippen LogP contribution in [-0.2, 0) is 4.79 Å². The summed E-state index contributed by atoms with van der Waals surface area (Å²) in [6.45, 7) is 6.70. The highest BCUT2D eigenvalue weighted by Gasteiger charge is 2.27. The van der Waals surface area contributed by atoms with E-state index in [9.17, 15) is 4.79 Å². The molecular formula is C16H33IN4O. The molecule has 0 aromatic carbocycles. The fourth-order valence-corrected chi connectivity index (χ4v) is 2.83. The van der Waals surface area contributed by atoms with Gasteiger partial charge < -0.3 is 16.0 Å². The van der Waals surface area contributed by atoms with E-state index in [1.807, 2.05) is 13.8 Å². The van der Waals surface area contributed by atoms with Gasteiger partial charge in [0, 0.05) is 26.7 Å². The molecule has 0 bridgehead atoms. The number of rotatable bonds is 5. The van der Waals surface area contributed by atoms with Crippen molar-refractivity contribution in [3.8, 4) is 0 Å². The fourth-order valence-electron chi connectivity index (χ4n) is 2.83. The molecule has 0 aromatic heterocycles. The second kappa shape index (κ2) is 10.3. The van der Waals surface area contributed by atoms with E-state index >= 15 is 0 Å². The topological polar surface area (TPSA) is 65.5 Å². The number of aliphatic imine (C=N–C) groups is 1. The molecule has 0 unspecified atom stereocenters. The Balaban J connectivity index is 0.00000441. The second-order valence-electron chi connectivity index (χ2n) is 6.66. The zero-order valence-corrected chi connectivity index (χ0v) is 17.0. The first-order valence-corrected chi connectivity index (χ1v) is 8.12. The lowest BCUT2D eigenvalue weighted by Gasteiger charge is -2.30. The Kier molecular flexibility index (Phi) is 10.0. The molecule has 130 valence electrons. The number of hydrogen-bond acceptors (Lipinski definition) is 2. The molecule has 0 heterocycles. The van der Waals surface area contributed by atoms with Crippen LogP contribution in [0.15, 0.2) is 4.99 Å². The number of nitrogens with one attached hydrogen (secondary N) is 3. The Hall–Kier alpha value is -0.530. The monoisotopic (exact) mass is 424 g/mol. The Labute approximate surface area is 152 Å². The summed E-state index contributed by atoms with van der Waals surface area (Å²) in [6.07, 6.45) is 6.31.